The van der Waals surface area contributed by atoms with Crippen molar-refractivity contribution in [1.29, 1.82) is 0 Å². The molecule has 1 amide bonds. The monoisotopic (exact) mass is 382 g/mol. The van der Waals surface area contributed by atoms with E-state index in [1.54, 1.807) is 4.90 Å². The molecule has 1 aliphatic rings. The van der Waals surface area contributed by atoms with Gasteiger partial charge in [-0.2, -0.15) is 0 Å². The van der Waals surface area contributed by atoms with Crippen molar-refractivity contribution in [2.75, 3.05) is 22.9 Å². The van der Waals surface area contributed by atoms with Crippen LogP contribution >= 0.6 is 24.0 Å². The van der Waals surface area contributed by atoms with Crippen molar-refractivity contribution in [2.24, 2.45) is 0 Å². The molecule has 134 valence electrons. The lowest BCUT2D eigenvalue weighted by molar-refractivity contribution is -0.113. The van der Waals surface area contributed by atoms with E-state index in [1.807, 2.05) is 49.4 Å². The van der Waals surface area contributed by atoms with Crippen LogP contribution in [-0.2, 0) is 4.79 Å². The van der Waals surface area contributed by atoms with Gasteiger partial charge in [0.25, 0.3) is 5.91 Å². The van der Waals surface area contributed by atoms with Gasteiger partial charge in [0.15, 0.2) is 4.32 Å². The molecule has 3 rings (SSSR count). The van der Waals surface area contributed by atoms with Crippen molar-refractivity contribution in [2.45, 2.75) is 20.8 Å². The summed E-state index contributed by atoms with van der Waals surface area (Å²) in [6, 6.07) is 16.1. The number of para-hydroxylation sites is 1. The number of aryl methyl sites for hydroxylation is 1. The van der Waals surface area contributed by atoms with Crippen LogP contribution in [0.5, 0.6) is 0 Å². The highest BCUT2D eigenvalue weighted by Gasteiger charge is 2.33. The van der Waals surface area contributed by atoms with E-state index in [9.17, 15) is 4.79 Å². The minimum absolute atomic E-state index is 0.0536. The van der Waals surface area contributed by atoms with Crippen molar-refractivity contribution in [3.05, 3.63) is 64.6 Å². The van der Waals surface area contributed by atoms with Crippen LogP contribution in [0.4, 0.5) is 11.4 Å². The number of hydrogen-bond donors (Lipinski definition) is 0. The number of carbonyl (C=O) groups is 1. The Bertz CT molecular complexity index is 855. The molecule has 1 fully saturated rings. The average molecular weight is 383 g/mol. The van der Waals surface area contributed by atoms with E-state index in [0.717, 1.165) is 29.9 Å². The molecule has 1 heterocycles. The smallest absolute Gasteiger partial charge is 0.270 e. The summed E-state index contributed by atoms with van der Waals surface area (Å²) < 4.78 is 0.579. The fourth-order valence-corrected chi connectivity index (χ4v) is 4.30. The Labute approximate surface area is 164 Å². The third kappa shape index (κ3) is 3.69. The minimum Gasteiger partial charge on any atom is -0.372 e. The minimum atomic E-state index is -0.0536. The molecular formula is C21H22N2OS2. The Kier molecular flexibility index (Phi) is 5.79. The number of thiocarbonyl (C=S) groups is 1. The van der Waals surface area contributed by atoms with Gasteiger partial charge in [0.1, 0.15) is 0 Å². The van der Waals surface area contributed by atoms with Crippen molar-refractivity contribution < 1.29 is 4.79 Å². The zero-order valence-corrected chi connectivity index (χ0v) is 16.9. The summed E-state index contributed by atoms with van der Waals surface area (Å²) >= 11 is 6.82. The summed E-state index contributed by atoms with van der Waals surface area (Å²) in [5, 5.41) is 0. The second kappa shape index (κ2) is 8.06. The standard InChI is InChI=1S/C21H22N2OS2/c1-4-22(5-2)17-12-10-16(11-13-17)14-19-20(24)23(21(25)26-19)18-9-7-6-8-15(18)3/h6-14H,4-5H2,1-3H3/b19-14-. The molecular weight excluding hydrogens is 360 g/mol. The molecule has 0 saturated carbocycles. The number of hydrogen-bond acceptors (Lipinski definition) is 4. The van der Waals surface area contributed by atoms with Gasteiger partial charge in [-0.3, -0.25) is 9.69 Å². The lowest BCUT2D eigenvalue weighted by Crippen LogP contribution is -2.28. The normalized spacial score (nSPS) is 15.8. The quantitative estimate of drug-likeness (QED) is 0.521. The first-order valence-corrected chi connectivity index (χ1v) is 9.96. The van der Waals surface area contributed by atoms with Crippen LogP contribution in [0, 0.1) is 6.92 Å². The van der Waals surface area contributed by atoms with Gasteiger partial charge in [-0.1, -0.05) is 54.3 Å². The Morgan fingerprint density at radius 1 is 1.08 bits per heavy atom. The molecule has 0 aromatic heterocycles. The summed E-state index contributed by atoms with van der Waals surface area (Å²) in [5.41, 5.74) is 4.09. The van der Waals surface area contributed by atoms with E-state index in [1.165, 1.54) is 17.4 Å². The second-order valence-corrected chi connectivity index (χ2v) is 7.74. The summed E-state index contributed by atoms with van der Waals surface area (Å²) in [5.74, 6) is -0.0536. The van der Waals surface area contributed by atoms with E-state index in [4.69, 9.17) is 12.2 Å². The molecule has 5 heteroatoms. The summed E-state index contributed by atoms with van der Waals surface area (Å²) in [6.45, 7) is 8.24. The number of carbonyl (C=O) groups excluding carboxylic acids is 1. The highest BCUT2D eigenvalue weighted by atomic mass is 32.2. The van der Waals surface area contributed by atoms with E-state index in [0.29, 0.717) is 9.23 Å². The molecule has 0 N–H and O–H groups in total. The van der Waals surface area contributed by atoms with Gasteiger partial charge in [-0.05, 0) is 56.2 Å². The number of benzene rings is 2. The average Bonchev–Trinajstić information content (AvgIpc) is 2.91. The molecule has 0 atom stereocenters. The Morgan fingerprint density at radius 2 is 1.73 bits per heavy atom. The van der Waals surface area contributed by atoms with Gasteiger partial charge < -0.3 is 4.90 Å². The number of anilines is 2. The van der Waals surface area contributed by atoms with E-state index >= 15 is 0 Å². The number of amides is 1. The van der Waals surface area contributed by atoms with Crippen molar-refractivity contribution in [3.8, 4) is 0 Å². The van der Waals surface area contributed by atoms with Crippen LogP contribution in [0.1, 0.15) is 25.0 Å². The van der Waals surface area contributed by atoms with Crippen LogP contribution in [0.3, 0.4) is 0 Å². The van der Waals surface area contributed by atoms with Gasteiger partial charge in [-0.25, -0.2) is 0 Å². The second-order valence-electron chi connectivity index (χ2n) is 6.07. The first-order chi connectivity index (χ1) is 12.5. The summed E-state index contributed by atoms with van der Waals surface area (Å²) in [4.78, 5) is 17.5. The Balaban J connectivity index is 1.85. The zero-order valence-electron chi connectivity index (χ0n) is 15.2. The highest BCUT2D eigenvalue weighted by molar-refractivity contribution is 8.27. The van der Waals surface area contributed by atoms with Gasteiger partial charge in [-0.15, -0.1) is 0 Å². The predicted octanol–water partition coefficient (Wildman–Crippen LogP) is 5.25. The first kappa shape index (κ1) is 18.7. The van der Waals surface area contributed by atoms with Crippen LogP contribution in [0.2, 0.25) is 0 Å². The fourth-order valence-electron chi connectivity index (χ4n) is 3.01. The van der Waals surface area contributed by atoms with Crippen molar-refractivity contribution in [1.82, 2.24) is 0 Å². The molecule has 0 bridgehead atoms. The molecule has 1 aliphatic heterocycles. The molecule has 26 heavy (non-hydrogen) atoms. The Hall–Kier alpha value is -2.11. The number of nitrogens with zero attached hydrogens (tertiary/aromatic N) is 2. The molecule has 2 aromatic carbocycles. The third-order valence-corrected chi connectivity index (χ3v) is 5.77. The van der Waals surface area contributed by atoms with Gasteiger partial charge >= 0.3 is 0 Å². The largest absolute Gasteiger partial charge is 0.372 e. The zero-order chi connectivity index (χ0) is 18.7. The SMILES string of the molecule is CCN(CC)c1ccc(/C=C2\SC(=S)N(c3ccccc3C)C2=O)cc1. The van der Waals surface area contributed by atoms with Crippen LogP contribution in [0.25, 0.3) is 6.08 Å². The first-order valence-electron chi connectivity index (χ1n) is 8.73. The highest BCUT2D eigenvalue weighted by Crippen LogP contribution is 2.37. The van der Waals surface area contributed by atoms with Crippen LogP contribution < -0.4 is 9.80 Å². The van der Waals surface area contributed by atoms with Crippen LogP contribution in [-0.4, -0.2) is 23.3 Å². The number of rotatable bonds is 5. The fraction of sp³-hybridized carbons (Fsp3) is 0.238. The molecule has 1 saturated heterocycles. The maximum absolute atomic E-state index is 12.9. The van der Waals surface area contributed by atoms with E-state index in [2.05, 4.69) is 30.9 Å². The van der Waals surface area contributed by atoms with Crippen LogP contribution in [0.15, 0.2) is 53.4 Å². The third-order valence-electron chi connectivity index (χ3n) is 4.47. The topological polar surface area (TPSA) is 23.6 Å². The van der Waals surface area contributed by atoms with E-state index in [-0.39, 0.29) is 5.91 Å². The molecule has 3 nitrogen and oxygen atoms in total. The molecule has 0 unspecified atom stereocenters. The molecule has 0 aliphatic carbocycles. The van der Waals surface area contributed by atoms with E-state index < -0.39 is 0 Å². The summed E-state index contributed by atoms with van der Waals surface area (Å²) in [7, 11) is 0. The maximum Gasteiger partial charge on any atom is 0.270 e. The van der Waals surface area contributed by atoms with Gasteiger partial charge in [0.05, 0.1) is 10.6 Å². The Morgan fingerprint density at radius 3 is 2.35 bits per heavy atom. The van der Waals surface area contributed by atoms with Crippen molar-refractivity contribution >= 4 is 51.7 Å². The number of thioether (sulfide) groups is 1. The molecule has 0 radical (unpaired) electrons. The summed E-state index contributed by atoms with van der Waals surface area (Å²) in [6.07, 6.45) is 1.92. The molecule has 0 spiro atoms. The lowest BCUT2D eigenvalue weighted by Gasteiger charge is -2.20. The van der Waals surface area contributed by atoms with Gasteiger partial charge in [0.2, 0.25) is 0 Å². The van der Waals surface area contributed by atoms with Crippen molar-refractivity contribution in [3.63, 3.8) is 0 Å². The maximum atomic E-state index is 12.9. The van der Waals surface area contributed by atoms with Gasteiger partial charge in [0, 0.05) is 18.8 Å². The molecule has 2 aromatic rings. The predicted molar refractivity (Wildman–Crippen MR) is 117 cm³/mol. The lowest BCUT2D eigenvalue weighted by atomic mass is 10.1.